The Balaban J connectivity index is 1.44. The van der Waals surface area contributed by atoms with Gasteiger partial charge in [0.25, 0.3) is 0 Å². The molecule has 1 N–H and O–H groups in total. The monoisotopic (exact) mass is 404 g/mol. The molecule has 7 heteroatoms. The highest BCUT2D eigenvalue weighted by molar-refractivity contribution is 6.17. The standard InChI is InChI=1S/C23H28N6O/c1-17(19-7-8-21-20(15-19)16-24-9-10-25-21)28-11-4-12-29(14-13-28)23-6-3-5-22(27-23)26-18(2)30/h3,5-10,15,17H,4,11-14,16H2,1-2H3,(H,26,27,30). The van der Waals surface area contributed by atoms with Crippen molar-refractivity contribution in [3.63, 3.8) is 0 Å². The number of hydrogen-bond acceptors (Lipinski definition) is 6. The summed E-state index contributed by atoms with van der Waals surface area (Å²) in [5, 5.41) is 2.77. The number of anilines is 2. The summed E-state index contributed by atoms with van der Waals surface area (Å²) in [4.78, 5) is 29.6. The number of rotatable bonds is 4. The zero-order valence-corrected chi connectivity index (χ0v) is 17.6. The second kappa shape index (κ2) is 9.17. The Labute approximate surface area is 177 Å². The largest absolute Gasteiger partial charge is 0.355 e. The molecule has 1 amide bonds. The molecule has 1 saturated heterocycles. The predicted molar refractivity (Wildman–Crippen MR) is 122 cm³/mol. The zero-order chi connectivity index (χ0) is 20.9. The number of pyridine rings is 1. The molecule has 0 saturated carbocycles. The molecule has 0 radical (unpaired) electrons. The minimum Gasteiger partial charge on any atom is -0.355 e. The van der Waals surface area contributed by atoms with Crippen LogP contribution in [0.3, 0.4) is 0 Å². The normalized spacial score (nSPS) is 17.7. The fourth-order valence-corrected chi connectivity index (χ4v) is 4.04. The lowest BCUT2D eigenvalue weighted by Gasteiger charge is -2.29. The molecule has 0 spiro atoms. The fourth-order valence-electron chi connectivity index (χ4n) is 4.04. The summed E-state index contributed by atoms with van der Waals surface area (Å²) in [6, 6.07) is 12.6. The number of benzene rings is 1. The third-order valence-electron chi connectivity index (χ3n) is 5.67. The van der Waals surface area contributed by atoms with E-state index in [1.54, 1.807) is 12.4 Å². The quantitative estimate of drug-likeness (QED) is 0.845. The second-order valence-corrected chi connectivity index (χ2v) is 7.77. The first kappa shape index (κ1) is 20.2. The van der Waals surface area contributed by atoms with Gasteiger partial charge in [-0.15, -0.1) is 0 Å². The number of carbonyl (C=O) groups is 1. The van der Waals surface area contributed by atoms with E-state index >= 15 is 0 Å². The molecule has 3 heterocycles. The summed E-state index contributed by atoms with van der Waals surface area (Å²) in [7, 11) is 0. The predicted octanol–water partition coefficient (Wildman–Crippen LogP) is 3.60. The number of aromatic nitrogens is 1. The van der Waals surface area contributed by atoms with Gasteiger partial charge in [-0.1, -0.05) is 18.2 Å². The first-order chi connectivity index (χ1) is 14.6. The summed E-state index contributed by atoms with van der Waals surface area (Å²) >= 11 is 0. The lowest BCUT2D eigenvalue weighted by molar-refractivity contribution is -0.114. The van der Waals surface area contributed by atoms with Crippen molar-refractivity contribution in [3.05, 3.63) is 47.5 Å². The van der Waals surface area contributed by atoms with Gasteiger partial charge < -0.3 is 10.2 Å². The molecular formula is C23H28N6O. The lowest BCUT2D eigenvalue weighted by Crippen LogP contribution is -2.33. The molecule has 156 valence electrons. The van der Waals surface area contributed by atoms with Gasteiger partial charge in [-0.05, 0) is 42.7 Å². The van der Waals surface area contributed by atoms with Crippen LogP contribution in [-0.2, 0) is 11.3 Å². The molecule has 1 aromatic heterocycles. The number of carbonyl (C=O) groups excluding carboxylic acids is 1. The zero-order valence-electron chi connectivity index (χ0n) is 17.6. The molecule has 0 aliphatic carbocycles. The molecule has 1 fully saturated rings. The van der Waals surface area contributed by atoms with Crippen LogP contribution in [0.25, 0.3) is 0 Å². The molecule has 0 bridgehead atoms. The van der Waals surface area contributed by atoms with Gasteiger partial charge in [0.1, 0.15) is 11.6 Å². The number of nitrogens with zero attached hydrogens (tertiary/aromatic N) is 5. The molecule has 1 unspecified atom stereocenters. The van der Waals surface area contributed by atoms with Crippen LogP contribution in [-0.4, -0.2) is 54.4 Å². The van der Waals surface area contributed by atoms with Gasteiger partial charge >= 0.3 is 0 Å². The Morgan fingerprint density at radius 2 is 2.00 bits per heavy atom. The average Bonchev–Trinajstić information content (AvgIpc) is 3.13. The Bertz CT molecular complexity index is 970. The third-order valence-corrected chi connectivity index (χ3v) is 5.67. The third kappa shape index (κ3) is 4.74. The van der Waals surface area contributed by atoms with Crippen molar-refractivity contribution in [2.24, 2.45) is 9.98 Å². The van der Waals surface area contributed by atoms with Crippen LogP contribution in [0, 0.1) is 0 Å². The van der Waals surface area contributed by atoms with Crippen molar-refractivity contribution in [2.45, 2.75) is 32.9 Å². The fraction of sp³-hybridized carbons (Fsp3) is 0.391. The second-order valence-electron chi connectivity index (χ2n) is 7.77. The van der Waals surface area contributed by atoms with Crippen molar-refractivity contribution in [2.75, 3.05) is 36.4 Å². The molecule has 7 nitrogen and oxygen atoms in total. The number of fused-ring (bicyclic) bond motifs is 1. The Kier molecular flexibility index (Phi) is 6.18. The van der Waals surface area contributed by atoms with E-state index < -0.39 is 0 Å². The minimum absolute atomic E-state index is 0.104. The van der Waals surface area contributed by atoms with Crippen LogP contribution in [0.5, 0.6) is 0 Å². The van der Waals surface area contributed by atoms with Crippen LogP contribution in [0.2, 0.25) is 0 Å². The number of aliphatic imine (C=N–C) groups is 2. The molecule has 30 heavy (non-hydrogen) atoms. The summed E-state index contributed by atoms with van der Waals surface area (Å²) in [6.45, 7) is 8.31. The molecular weight excluding hydrogens is 376 g/mol. The van der Waals surface area contributed by atoms with Crippen molar-refractivity contribution in [1.82, 2.24) is 9.88 Å². The molecule has 2 aromatic rings. The van der Waals surface area contributed by atoms with Crippen LogP contribution in [0.15, 0.2) is 46.4 Å². The van der Waals surface area contributed by atoms with E-state index in [1.807, 2.05) is 18.2 Å². The molecule has 1 aromatic carbocycles. The molecule has 2 aliphatic rings. The van der Waals surface area contributed by atoms with Crippen LogP contribution in [0.1, 0.15) is 37.4 Å². The maximum atomic E-state index is 11.3. The van der Waals surface area contributed by atoms with Crippen LogP contribution < -0.4 is 10.2 Å². The number of amides is 1. The van der Waals surface area contributed by atoms with E-state index in [1.165, 1.54) is 18.1 Å². The lowest BCUT2D eigenvalue weighted by atomic mass is 10.0. The summed E-state index contributed by atoms with van der Waals surface area (Å²) in [5.41, 5.74) is 3.50. The minimum atomic E-state index is -0.104. The maximum Gasteiger partial charge on any atom is 0.222 e. The summed E-state index contributed by atoms with van der Waals surface area (Å²) in [5.74, 6) is 1.41. The first-order valence-electron chi connectivity index (χ1n) is 10.5. The van der Waals surface area contributed by atoms with Crippen molar-refractivity contribution >= 4 is 35.7 Å². The average molecular weight is 405 g/mol. The van der Waals surface area contributed by atoms with Gasteiger partial charge in [-0.2, -0.15) is 0 Å². The van der Waals surface area contributed by atoms with E-state index in [9.17, 15) is 4.79 Å². The number of hydrogen-bond donors (Lipinski definition) is 1. The van der Waals surface area contributed by atoms with E-state index in [-0.39, 0.29) is 5.91 Å². The van der Waals surface area contributed by atoms with Crippen molar-refractivity contribution in [1.29, 1.82) is 0 Å². The molecule has 2 aliphatic heterocycles. The van der Waals surface area contributed by atoms with Gasteiger partial charge in [-0.25, -0.2) is 4.98 Å². The van der Waals surface area contributed by atoms with Crippen molar-refractivity contribution < 1.29 is 4.79 Å². The van der Waals surface area contributed by atoms with Crippen LogP contribution >= 0.6 is 0 Å². The molecule has 1 atom stereocenters. The van der Waals surface area contributed by atoms with E-state index in [2.05, 4.69) is 55.2 Å². The van der Waals surface area contributed by atoms with Gasteiger partial charge in [0.2, 0.25) is 5.91 Å². The Morgan fingerprint density at radius 3 is 2.87 bits per heavy atom. The van der Waals surface area contributed by atoms with E-state index in [4.69, 9.17) is 0 Å². The first-order valence-corrected chi connectivity index (χ1v) is 10.5. The van der Waals surface area contributed by atoms with Gasteiger partial charge in [0.15, 0.2) is 0 Å². The van der Waals surface area contributed by atoms with Gasteiger partial charge in [0.05, 0.1) is 12.2 Å². The molecule has 4 rings (SSSR count). The highest BCUT2D eigenvalue weighted by Gasteiger charge is 2.22. The highest BCUT2D eigenvalue weighted by Crippen LogP contribution is 2.29. The maximum absolute atomic E-state index is 11.3. The van der Waals surface area contributed by atoms with Gasteiger partial charge in [-0.3, -0.25) is 19.7 Å². The van der Waals surface area contributed by atoms with Crippen LogP contribution in [0.4, 0.5) is 17.3 Å². The van der Waals surface area contributed by atoms with E-state index in [0.717, 1.165) is 44.1 Å². The Morgan fingerprint density at radius 1 is 1.10 bits per heavy atom. The highest BCUT2D eigenvalue weighted by atomic mass is 16.1. The van der Waals surface area contributed by atoms with Gasteiger partial charge in [0, 0.05) is 51.6 Å². The smallest absolute Gasteiger partial charge is 0.222 e. The Hall–Kier alpha value is -3.06. The van der Waals surface area contributed by atoms with E-state index in [0.29, 0.717) is 18.4 Å². The summed E-state index contributed by atoms with van der Waals surface area (Å²) < 4.78 is 0. The van der Waals surface area contributed by atoms with Crippen molar-refractivity contribution in [3.8, 4) is 0 Å². The topological polar surface area (TPSA) is 73.2 Å². The summed E-state index contributed by atoms with van der Waals surface area (Å²) in [6.07, 6.45) is 4.59. The number of nitrogens with one attached hydrogen (secondary N) is 1. The SMILES string of the molecule is CC(=O)Nc1cccc(N2CCCN(C(C)c3ccc4c(c3)CN=CC=N4)CC2)n1.